The van der Waals surface area contributed by atoms with Crippen LogP contribution in [0.2, 0.25) is 0 Å². The van der Waals surface area contributed by atoms with Crippen LogP contribution in [0.5, 0.6) is 11.5 Å². The van der Waals surface area contributed by atoms with Crippen LogP contribution >= 0.6 is 0 Å². The third kappa shape index (κ3) is 3.75. The minimum atomic E-state index is -4.73. The number of hydrogen-bond acceptors (Lipinski definition) is 6. The van der Waals surface area contributed by atoms with E-state index in [1.165, 1.54) is 24.3 Å². The number of nitrogens with zero attached hydrogens (tertiary/aromatic N) is 3. The highest BCUT2D eigenvalue weighted by Gasteiger charge is 2.31. The Morgan fingerprint density at radius 3 is 2.45 bits per heavy atom. The molecule has 0 spiro atoms. The molecule has 0 unspecified atom stereocenters. The normalized spacial score (nSPS) is 13.4. The minimum absolute atomic E-state index is 0.292. The number of fused-ring (bicyclic) bond motifs is 1. The lowest BCUT2D eigenvalue weighted by Gasteiger charge is -2.16. The number of alkyl halides is 3. The van der Waals surface area contributed by atoms with Gasteiger partial charge in [-0.05, 0) is 56.8 Å². The maximum atomic E-state index is 12.3. The molecule has 0 amide bonds. The number of aryl methyl sites for hydroxylation is 2. The third-order valence-electron chi connectivity index (χ3n) is 4.50. The van der Waals surface area contributed by atoms with Gasteiger partial charge in [-0.2, -0.15) is 0 Å². The average Bonchev–Trinajstić information content (AvgIpc) is 3.14. The van der Waals surface area contributed by atoms with Gasteiger partial charge in [0.15, 0.2) is 17.5 Å². The topological polar surface area (TPSA) is 60.6 Å². The van der Waals surface area contributed by atoms with Crippen molar-refractivity contribution in [1.82, 2.24) is 10.1 Å². The van der Waals surface area contributed by atoms with E-state index < -0.39 is 6.36 Å². The molecule has 2 aromatic heterocycles. The second kappa shape index (κ2) is 6.84. The van der Waals surface area contributed by atoms with Gasteiger partial charge in [-0.3, -0.25) is 4.90 Å². The summed E-state index contributed by atoms with van der Waals surface area (Å²) in [5.74, 6) is 1.92. The molecule has 3 heterocycles. The predicted octanol–water partition coefficient (Wildman–Crippen LogP) is 5.12. The highest BCUT2D eigenvalue weighted by atomic mass is 19.4. The third-order valence-corrected chi connectivity index (χ3v) is 4.50. The van der Waals surface area contributed by atoms with Crippen LogP contribution in [0.25, 0.3) is 11.3 Å². The fourth-order valence-corrected chi connectivity index (χ4v) is 3.05. The molecule has 4 rings (SSSR count). The van der Waals surface area contributed by atoms with E-state index in [2.05, 4.69) is 21.5 Å². The van der Waals surface area contributed by atoms with Gasteiger partial charge >= 0.3 is 6.36 Å². The molecule has 1 aliphatic rings. The molecule has 150 valence electrons. The number of benzene rings is 1. The Morgan fingerprint density at radius 1 is 1.10 bits per heavy atom. The van der Waals surface area contributed by atoms with Gasteiger partial charge in [-0.1, -0.05) is 5.16 Å². The van der Waals surface area contributed by atoms with Crippen LogP contribution in [0.15, 0.2) is 53.4 Å². The zero-order valence-corrected chi connectivity index (χ0v) is 15.6. The first-order chi connectivity index (χ1) is 13.7. The zero-order valence-electron chi connectivity index (χ0n) is 15.6. The summed E-state index contributed by atoms with van der Waals surface area (Å²) >= 11 is 0. The van der Waals surface area contributed by atoms with Crippen LogP contribution in [-0.2, 0) is 6.54 Å². The van der Waals surface area contributed by atoms with Crippen molar-refractivity contribution >= 4 is 5.82 Å². The van der Waals surface area contributed by atoms with Crippen LogP contribution in [0, 0.1) is 13.8 Å². The lowest BCUT2D eigenvalue weighted by Crippen LogP contribution is -2.20. The van der Waals surface area contributed by atoms with Crippen molar-refractivity contribution in [2.75, 3.05) is 4.90 Å². The van der Waals surface area contributed by atoms with E-state index in [0.29, 0.717) is 41.0 Å². The average molecular weight is 403 g/mol. The van der Waals surface area contributed by atoms with Crippen LogP contribution in [0.3, 0.4) is 0 Å². The van der Waals surface area contributed by atoms with Crippen molar-refractivity contribution in [3.8, 4) is 22.8 Å². The van der Waals surface area contributed by atoms with Crippen molar-refractivity contribution in [3.05, 3.63) is 65.9 Å². The second-order valence-corrected chi connectivity index (χ2v) is 6.48. The van der Waals surface area contributed by atoms with E-state index in [1.807, 2.05) is 13.8 Å². The minimum Gasteiger partial charge on any atom is -0.438 e. The molecule has 0 aliphatic carbocycles. The van der Waals surface area contributed by atoms with Gasteiger partial charge in [0.05, 0.1) is 17.9 Å². The number of pyridine rings is 1. The number of halogens is 3. The Morgan fingerprint density at radius 2 is 1.83 bits per heavy atom. The summed E-state index contributed by atoms with van der Waals surface area (Å²) < 4.78 is 51.8. The summed E-state index contributed by atoms with van der Waals surface area (Å²) in [6, 6.07) is 8.99. The first-order valence-electron chi connectivity index (χ1n) is 8.64. The number of hydrogen-bond donors (Lipinski definition) is 0. The van der Waals surface area contributed by atoms with Crippen LogP contribution in [0.4, 0.5) is 19.0 Å². The lowest BCUT2D eigenvalue weighted by molar-refractivity contribution is -0.274. The van der Waals surface area contributed by atoms with Crippen LogP contribution < -0.4 is 14.4 Å². The van der Waals surface area contributed by atoms with E-state index in [0.717, 1.165) is 11.3 Å². The van der Waals surface area contributed by atoms with Gasteiger partial charge in [-0.25, -0.2) is 4.98 Å². The summed E-state index contributed by atoms with van der Waals surface area (Å²) in [5.41, 5.74) is 2.88. The molecule has 0 N–H and O–H groups in total. The van der Waals surface area contributed by atoms with E-state index in [1.54, 1.807) is 17.0 Å². The quantitative estimate of drug-likeness (QED) is 0.603. The number of aromatic nitrogens is 2. The van der Waals surface area contributed by atoms with Crippen LogP contribution in [-0.4, -0.2) is 16.5 Å². The highest BCUT2D eigenvalue weighted by Crippen LogP contribution is 2.40. The SMILES string of the molecule is C=C1Oc2ccc(-c3ccc(OC(F)(F)F)cc3)nc2N1Cc1c(C)noc1C. The zero-order chi connectivity index (χ0) is 20.8. The molecule has 0 radical (unpaired) electrons. The summed E-state index contributed by atoms with van der Waals surface area (Å²) in [6.45, 7) is 8.02. The molecule has 1 aromatic carbocycles. The molecule has 3 aromatic rings. The first-order valence-corrected chi connectivity index (χ1v) is 8.64. The second-order valence-electron chi connectivity index (χ2n) is 6.48. The molecule has 1 aliphatic heterocycles. The van der Waals surface area contributed by atoms with Crippen molar-refractivity contribution in [2.24, 2.45) is 0 Å². The first kappa shape index (κ1) is 18.9. The van der Waals surface area contributed by atoms with Gasteiger partial charge in [-0.15, -0.1) is 13.2 Å². The number of anilines is 1. The van der Waals surface area contributed by atoms with Gasteiger partial charge in [0.2, 0.25) is 0 Å². The largest absolute Gasteiger partial charge is 0.573 e. The summed E-state index contributed by atoms with van der Waals surface area (Å²) in [5, 5.41) is 3.95. The summed E-state index contributed by atoms with van der Waals surface area (Å²) in [6.07, 6.45) is -4.73. The van der Waals surface area contributed by atoms with E-state index in [-0.39, 0.29) is 5.75 Å². The standard InChI is InChI=1S/C20H16F3N3O3/c1-11-16(12(2)29-25-11)10-26-13(3)27-18-9-8-17(24-19(18)26)14-4-6-15(7-5-14)28-20(21,22)23/h4-9H,3,10H2,1-2H3. The maximum Gasteiger partial charge on any atom is 0.573 e. The Hall–Kier alpha value is -3.49. The summed E-state index contributed by atoms with van der Waals surface area (Å²) in [4.78, 5) is 6.42. The molecule has 6 nitrogen and oxygen atoms in total. The van der Waals surface area contributed by atoms with Crippen molar-refractivity contribution in [1.29, 1.82) is 0 Å². The predicted molar refractivity (Wildman–Crippen MR) is 98.3 cm³/mol. The molecule has 0 saturated heterocycles. The van der Waals surface area contributed by atoms with Gasteiger partial charge in [0.25, 0.3) is 0 Å². The Balaban J connectivity index is 1.63. The molecule has 9 heteroatoms. The van der Waals surface area contributed by atoms with Crippen molar-refractivity contribution in [3.63, 3.8) is 0 Å². The molecular formula is C20H16F3N3O3. The Bertz CT molecular complexity index is 1060. The fraction of sp³-hybridized carbons (Fsp3) is 0.200. The smallest absolute Gasteiger partial charge is 0.438 e. The van der Waals surface area contributed by atoms with E-state index in [4.69, 9.17) is 9.26 Å². The molecule has 29 heavy (non-hydrogen) atoms. The number of ether oxygens (including phenoxy) is 2. The van der Waals surface area contributed by atoms with Crippen molar-refractivity contribution in [2.45, 2.75) is 26.8 Å². The highest BCUT2D eigenvalue weighted by molar-refractivity contribution is 5.69. The summed E-state index contributed by atoms with van der Waals surface area (Å²) in [7, 11) is 0. The van der Waals surface area contributed by atoms with Gasteiger partial charge in [0, 0.05) is 11.1 Å². The number of rotatable bonds is 4. The maximum absolute atomic E-state index is 12.3. The molecule has 0 atom stereocenters. The van der Waals surface area contributed by atoms with E-state index >= 15 is 0 Å². The molecular weight excluding hydrogens is 387 g/mol. The van der Waals surface area contributed by atoms with Gasteiger partial charge < -0.3 is 14.0 Å². The van der Waals surface area contributed by atoms with Crippen molar-refractivity contribution < 1.29 is 27.2 Å². The van der Waals surface area contributed by atoms with Gasteiger partial charge in [0.1, 0.15) is 11.5 Å². The Labute approximate surface area is 164 Å². The molecule has 0 saturated carbocycles. The van der Waals surface area contributed by atoms with E-state index in [9.17, 15) is 13.2 Å². The monoisotopic (exact) mass is 403 g/mol. The molecule has 0 bridgehead atoms. The molecule has 0 fully saturated rings. The fourth-order valence-electron chi connectivity index (χ4n) is 3.05. The lowest BCUT2D eigenvalue weighted by atomic mass is 10.1. The van der Waals surface area contributed by atoms with Crippen LogP contribution in [0.1, 0.15) is 17.0 Å². The Kier molecular flexibility index (Phi) is 4.45.